The Morgan fingerprint density at radius 3 is 3.25 bits per heavy atom. The summed E-state index contributed by atoms with van der Waals surface area (Å²) >= 11 is 0. The fourth-order valence-corrected chi connectivity index (χ4v) is 2.01. The van der Waals surface area contributed by atoms with Gasteiger partial charge in [0.1, 0.15) is 12.1 Å². The number of benzene rings is 1. The van der Waals surface area contributed by atoms with Gasteiger partial charge in [0.25, 0.3) is 0 Å². The summed E-state index contributed by atoms with van der Waals surface area (Å²) < 4.78 is 5.37. The molecule has 0 bridgehead atoms. The monoisotopic (exact) mass is 159 g/mol. The zero-order valence-corrected chi connectivity index (χ0v) is 6.60. The van der Waals surface area contributed by atoms with Crippen molar-refractivity contribution in [2.45, 2.75) is 18.6 Å². The third-order valence-corrected chi connectivity index (χ3v) is 2.60. The predicted molar refractivity (Wildman–Crippen MR) is 46.3 cm³/mol. The molecule has 2 heteroatoms. The van der Waals surface area contributed by atoms with E-state index >= 15 is 0 Å². The highest BCUT2D eigenvalue weighted by atomic mass is 16.5. The summed E-state index contributed by atoms with van der Waals surface area (Å²) in [5.41, 5.74) is 2.74. The number of hydrogen-bond acceptors (Lipinski definition) is 2. The number of nitrogens with zero attached hydrogens (tertiary/aromatic N) is 1. The van der Waals surface area contributed by atoms with Crippen molar-refractivity contribution in [2.24, 2.45) is 4.99 Å². The minimum absolute atomic E-state index is 0.279. The van der Waals surface area contributed by atoms with Crippen molar-refractivity contribution in [3.05, 3.63) is 35.4 Å². The maximum absolute atomic E-state index is 5.37. The Labute approximate surface area is 70.9 Å². The van der Waals surface area contributed by atoms with E-state index in [4.69, 9.17) is 4.74 Å². The molecule has 1 aromatic rings. The van der Waals surface area contributed by atoms with E-state index in [9.17, 15) is 0 Å². The molecule has 0 saturated carbocycles. The van der Waals surface area contributed by atoms with E-state index in [1.165, 1.54) is 11.1 Å². The lowest BCUT2D eigenvalue weighted by Crippen LogP contribution is -2.09. The summed E-state index contributed by atoms with van der Waals surface area (Å²) in [6.07, 6.45) is 2.88. The number of ether oxygens (including phenoxy) is 1. The minimum Gasteiger partial charge on any atom is -0.477 e. The molecule has 12 heavy (non-hydrogen) atoms. The Kier molecular flexibility index (Phi) is 1.09. The molecule has 1 aliphatic heterocycles. The van der Waals surface area contributed by atoms with Gasteiger partial charge >= 0.3 is 0 Å². The molecular formula is C10H9NO. The first kappa shape index (κ1) is 6.23. The van der Waals surface area contributed by atoms with Gasteiger partial charge in [0.2, 0.25) is 0 Å². The third-order valence-electron chi connectivity index (χ3n) is 2.60. The van der Waals surface area contributed by atoms with E-state index < -0.39 is 0 Å². The van der Waals surface area contributed by atoms with Crippen molar-refractivity contribution in [3.8, 4) is 0 Å². The van der Waals surface area contributed by atoms with Crippen LogP contribution in [0.1, 0.15) is 17.2 Å². The van der Waals surface area contributed by atoms with E-state index in [0.717, 1.165) is 6.42 Å². The van der Waals surface area contributed by atoms with Crippen molar-refractivity contribution < 1.29 is 4.74 Å². The van der Waals surface area contributed by atoms with Gasteiger partial charge in [-0.15, -0.1) is 0 Å². The maximum Gasteiger partial charge on any atom is 0.170 e. The molecule has 0 N–H and O–H groups in total. The van der Waals surface area contributed by atoms with Crippen molar-refractivity contribution in [2.75, 3.05) is 0 Å². The van der Waals surface area contributed by atoms with Crippen LogP contribution in [0.2, 0.25) is 0 Å². The second-order valence-electron chi connectivity index (χ2n) is 3.28. The third kappa shape index (κ3) is 0.670. The summed E-state index contributed by atoms with van der Waals surface area (Å²) in [5.74, 6) is 0. The van der Waals surface area contributed by atoms with Crippen molar-refractivity contribution in [1.82, 2.24) is 0 Å². The van der Waals surface area contributed by atoms with Crippen LogP contribution in [0.15, 0.2) is 29.3 Å². The van der Waals surface area contributed by atoms with Gasteiger partial charge in [-0.3, -0.25) is 0 Å². The molecule has 0 spiro atoms. The molecule has 60 valence electrons. The van der Waals surface area contributed by atoms with Gasteiger partial charge in [0.05, 0.1) is 0 Å². The van der Waals surface area contributed by atoms with Crippen LogP contribution in [0, 0.1) is 0 Å². The van der Waals surface area contributed by atoms with Crippen LogP contribution < -0.4 is 0 Å². The smallest absolute Gasteiger partial charge is 0.170 e. The molecule has 1 heterocycles. The standard InChI is InChI=1S/C10H9NO/c1-2-4-8-7(3-1)5-9-10(8)11-6-12-9/h1-4,6,9-10H,5H2. The molecule has 1 aliphatic carbocycles. The molecule has 2 unspecified atom stereocenters. The van der Waals surface area contributed by atoms with E-state index in [1.807, 2.05) is 0 Å². The highest BCUT2D eigenvalue weighted by molar-refractivity contribution is 5.54. The first-order valence-electron chi connectivity index (χ1n) is 4.20. The lowest BCUT2D eigenvalue weighted by atomic mass is 10.1. The molecule has 2 atom stereocenters. The van der Waals surface area contributed by atoms with Gasteiger partial charge in [-0.1, -0.05) is 24.3 Å². The quantitative estimate of drug-likeness (QED) is 0.564. The van der Waals surface area contributed by atoms with Crippen molar-refractivity contribution in [1.29, 1.82) is 0 Å². The second kappa shape index (κ2) is 2.09. The fraction of sp³-hybridized carbons (Fsp3) is 0.300. The zero-order valence-electron chi connectivity index (χ0n) is 6.60. The molecular weight excluding hydrogens is 150 g/mol. The molecule has 0 aromatic heterocycles. The van der Waals surface area contributed by atoms with E-state index in [1.54, 1.807) is 6.40 Å². The van der Waals surface area contributed by atoms with Crippen molar-refractivity contribution >= 4 is 6.40 Å². The number of hydrogen-bond donors (Lipinski definition) is 0. The Balaban J connectivity index is 2.14. The van der Waals surface area contributed by atoms with E-state index in [-0.39, 0.29) is 12.1 Å². The Bertz CT molecular complexity index is 345. The lowest BCUT2D eigenvalue weighted by molar-refractivity contribution is 0.214. The summed E-state index contributed by atoms with van der Waals surface area (Å²) in [5, 5.41) is 0. The SMILES string of the molecule is C1=NC2c3ccccc3CC2O1. The summed E-state index contributed by atoms with van der Waals surface area (Å²) in [7, 11) is 0. The maximum atomic E-state index is 5.37. The number of fused-ring (bicyclic) bond motifs is 3. The summed E-state index contributed by atoms with van der Waals surface area (Å²) in [4.78, 5) is 4.29. The van der Waals surface area contributed by atoms with Crippen LogP contribution in [0.5, 0.6) is 0 Å². The molecule has 0 saturated heterocycles. The molecule has 3 rings (SSSR count). The van der Waals surface area contributed by atoms with Crippen LogP contribution in [-0.4, -0.2) is 12.5 Å². The van der Waals surface area contributed by atoms with Gasteiger partial charge in [0, 0.05) is 6.42 Å². The van der Waals surface area contributed by atoms with E-state index in [2.05, 4.69) is 29.3 Å². The van der Waals surface area contributed by atoms with Gasteiger partial charge < -0.3 is 4.74 Å². The van der Waals surface area contributed by atoms with Crippen LogP contribution in [0.25, 0.3) is 0 Å². The molecule has 2 aliphatic rings. The minimum atomic E-state index is 0.279. The van der Waals surface area contributed by atoms with E-state index in [0.29, 0.717) is 0 Å². The first-order chi connectivity index (χ1) is 5.95. The first-order valence-corrected chi connectivity index (χ1v) is 4.20. The normalized spacial score (nSPS) is 29.7. The lowest BCUT2D eigenvalue weighted by Gasteiger charge is -2.05. The summed E-state index contributed by atoms with van der Waals surface area (Å²) in [6, 6.07) is 8.72. The Morgan fingerprint density at radius 1 is 1.33 bits per heavy atom. The van der Waals surface area contributed by atoms with Crippen molar-refractivity contribution in [3.63, 3.8) is 0 Å². The second-order valence-corrected chi connectivity index (χ2v) is 3.28. The summed E-state index contributed by atoms with van der Waals surface area (Å²) in [6.45, 7) is 0. The van der Waals surface area contributed by atoms with Gasteiger partial charge in [-0.25, -0.2) is 4.99 Å². The van der Waals surface area contributed by atoms with Gasteiger partial charge in [-0.2, -0.15) is 0 Å². The predicted octanol–water partition coefficient (Wildman–Crippen LogP) is 1.71. The molecule has 0 amide bonds. The van der Waals surface area contributed by atoms with Gasteiger partial charge in [-0.05, 0) is 11.1 Å². The molecule has 2 nitrogen and oxygen atoms in total. The fourth-order valence-electron chi connectivity index (χ4n) is 2.01. The average Bonchev–Trinajstić information content (AvgIpc) is 2.62. The largest absolute Gasteiger partial charge is 0.477 e. The van der Waals surface area contributed by atoms with Crippen LogP contribution in [0.3, 0.4) is 0 Å². The number of rotatable bonds is 0. The van der Waals surface area contributed by atoms with Crippen LogP contribution >= 0.6 is 0 Å². The highest BCUT2D eigenvalue weighted by Gasteiger charge is 2.35. The van der Waals surface area contributed by atoms with Crippen LogP contribution in [-0.2, 0) is 11.2 Å². The molecule has 1 aromatic carbocycles. The Morgan fingerprint density at radius 2 is 2.25 bits per heavy atom. The topological polar surface area (TPSA) is 21.6 Å². The molecule has 0 fully saturated rings. The number of aliphatic imine (C=N–C) groups is 1. The molecule has 0 radical (unpaired) electrons. The Hall–Kier alpha value is -1.31. The van der Waals surface area contributed by atoms with Gasteiger partial charge in [0.15, 0.2) is 6.40 Å². The van der Waals surface area contributed by atoms with Crippen LogP contribution in [0.4, 0.5) is 0 Å². The average molecular weight is 159 g/mol. The zero-order chi connectivity index (χ0) is 7.97. The highest BCUT2D eigenvalue weighted by Crippen LogP contribution is 2.37.